The summed E-state index contributed by atoms with van der Waals surface area (Å²) in [6.07, 6.45) is 0.625. The Labute approximate surface area is 73.7 Å². The molecule has 0 unspecified atom stereocenters. The SMILES string of the molecule is COC(=O)C1=Nc2ccsc2C1. The summed E-state index contributed by atoms with van der Waals surface area (Å²) in [6.45, 7) is 0. The summed E-state index contributed by atoms with van der Waals surface area (Å²) in [7, 11) is 1.37. The van der Waals surface area contributed by atoms with E-state index in [2.05, 4.69) is 9.73 Å². The van der Waals surface area contributed by atoms with Crippen molar-refractivity contribution in [3.05, 3.63) is 16.3 Å². The van der Waals surface area contributed by atoms with E-state index in [1.54, 1.807) is 11.3 Å². The number of hydrogen-bond donors (Lipinski definition) is 0. The van der Waals surface area contributed by atoms with Crippen molar-refractivity contribution in [2.75, 3.05) is 7.11 Å². The average Bonchev–Trinajstić information content (AvgIpc) is 2.60. The number of carbonyl (C=O) groups is 1. The predicted molar refractivity (Wildman–Crippen MR) is 47.1 cm³/mol. The van der Waals surface area contributed by atoms with E-state index in [1.807, 2.05) is 11.4 Å². The van der Waals surface area contributed by atoms with Crippen LogP contribution in [0, 0.1) is 0 Å². The maximum atomic E-state index is 11.0. The van der Waals surface area contributed by atoms with Crippen molar-refractivity contribution in [1.82, 2.24) is 0 Å². The first kappa shape index (κ1) is 7.49. The summed E-state index contributed by atoms with van der Waals surface area (Å²) in [5.74, 6) is -0.321. The van der Waals surface area contributed by atoms with Gasteiger partial charge in [0.15, 0.2) is 0 Å². The van der Waals surface area contributed by atoms with Crippen LogP contribution in [0.2, 0.25) is 0 Å². The van der Waals surface area contributed by atoms with Crippen LogP contribution in [0.4, 0.5) is 5.69 Å². The van der Waals surface area contributed by atoms with E-state index in [1.165, 1.54) is 7.11 Å². The van der Waals surface area contributed by atoms with E-state index in [9.17, 15) is 4.79 Å². The minimum Gasteiger partial charge on any atom is -0.465 e. The van der Waals surface area contributed by atoms with Crippen LogP contribution in [0.1, 0.15) is 4.88 Å². The molecule has 12 heavy (non-hydrogen) atoms. The smallest absolute Gasteiger partial charge is 0.352 e. The zero-order chi connectivity index (χ0) is 8.55. The highest BCUT2D eigenvalue weighted by molar-refractivity contribution is 7.10. The monoisotopic (exact) mass is 181 g/mol. The molecule has 2 rings (SSSR count). The Kier molecular flexibility index (Phi) is 1.69. The van der Waals surface area contributed by atoms with Crippen LogP contribution in [0.5, 0.6) is 0 Å². The van der Waals surface area contributed by atoms with E-state index in [0.29, 0.717) is 12.1 Å². The molecule has 0 aliphatic carbocycles. The topological polar surface area (TPSA) is 38.7 Å². The van der Waals surface area contributed by atoms with Gasteiger partial charge in [-0.3, -0.25) is 0 Å². The van der Waals surface area contributed by atoms with Gasteiger partial charge >= 0.3 is 5.97 Å². The fraction of sp³-hybridized carbons (Fsp3) is 0.250. The number of esters is 1. The van der Waals surface area contributed by atoms with Crippen LogP contribution in [0.15, 0.2) is 16.4 Å². The maximum absolute atomic E-state index is 11.0. The number of aliphatic imine (C=N–C) groups is 1. The molecule has 1 aliphatic heterocycles. The van der Waals surface area contributed by atoms with Crippen molar-refractivity contribution in [2.45, 2.75) is 6.42 Å². The van der Waals surface area contributed by atoms with Crippen LogP contribution in [0.25, 0.3) is 0 Å². The number of methoxy groups -OCH3 is 1. The first-order valence-corrected chi connectivity index (χ1v) is 4.41. The Morgan fingerprint density at radius 2 is 2.58 bits per heavy atom. The van der Waals surface area contributed by atoms with Gasteiger partial charge in [-0.15, -0.1) is 11.3 Å². The summed E-state index contributed by atoms with van der Waals surface area (Å²) in [5, 5.41) is 1.97. The van der Waals surface area contributed by atoms with E-state index >= 15 is 0 Å². The number of fused-ring (bicyclic) bond motifs is 1. The number of ether oxygens (including phenoxy) is 1. The lowest BCUT2D eigenvalue weighted by molar-refractivity contribution is -0.132. The third kappa shape index (κ3) is 1.04. The van der Waals surface area contributed by atoms with Crippen molar-refractivity contribution in [3.63, 3.8) is 0 Å². The molecule has 0 saturated heterocycles. The van der Waals surface area contributed by atoms with Gasteiger partial charge in [0.05, 0.1) is 12.8 Å². The fourth-order valence-corrected chi connectivity index (χ4v) is 1.95. The summed E-state index contributed by atoms with van der Waals surface area (Å²) < 4.78 is 4.57. The second-order valence-corrected chi connectivity index (χ2v) is 3.46. The number of rotatable bonds is 1. The Morgan fingerprint density at radius 1 is 1.75 bits per heavy atom. The van der Waals surface area contributed by atoms with Gasteiger partial charge in [0.1, 0.15) is 5.71 Å². The van der Waals surface area contributed by atoms with Crippen molar-refractivity contribution < 1.29 is 9.53 Å². The highest BCUT2D eigenvalue weighted by atomic mass is 32.1. The molecule has 0 N–H and O–H groups in total. The molecule has 1 aromatic heterocycles. The maximum Gasteiger partial charge on any atom is 0.352 e. The molecule has 0 atom stereocenters. The van der Waals surface area contributed by atoms with Crippen molar-refractivity contribution in [3.8, 4) is 0 Å². The lowest BCUT2D eigenvalue weighted by Crippen LogP contribution is -2.14. The van der Waals surface area contributed by atoms with Crippen molar-refractivity contribution in [2.24, 2.45) is 4.99 Å². The fourth-order valence-electron chi connectivity index (χ4n) is 1.14. The van der Waals surface area contributed by atoms with Crippen LogP contribution in [-0.4, -0.2) is 18.8 Å². The molecule has 0 radical (unpaired) electrons. The van der Waals surface area contributed by atoms with E-state index in [-0.39, 0.29) is 5.97 Å². The minimum atomic E-state index is -0.321. The first-order valence-electron chi connectivity index (χ1n) is 3.53. The van der Waals surface area contributed by atoms with Gasteiger partial charge in [0.25, 0.3) is 0 Å². The van der Waals surface area contributed by atoms with Crippen LogP contribution < -0.4 is 0 Å². The molecule has 0 saturated carbocycles. The van der Waals surface area contributed by atoms with Gasteiger partial charge < -0.3 is 4.74 Å². The summed E-state index contributed by atoms with van der Waals surface area (Å²) in [4.78, 5) is 16.3. The molecule has 4 heteroatoms. The molecule has 3 nitrogen and oxygen atoms in total. The molecule has 0 aromatic carbocycles. The summed E-state index contributed by atoms with van der Waals surface area (Å²) in [6, 6.07) is 1.91. The first-order chi connectivity index (χ1) is 5.81. The summed E-state index contributed by atoms with van der Waals surface area (Å²) in [5.41, 5.74) is 1.43. The highest BCUT2D eigenvalue weighted by Gasteiger charge is 2.21. The van der Waals surface area contributed by atoms with Crippen LogP contribution in [0.3, 0.4) is 0 Å². The predicted octanol–water partition coefficient (Wildman–Crippen LogP) is 1.55. The van der Waals surface area contributed by atoms with Gasteiger partial charge in [-0.25, -0.2) is 9.79 Å². The molecule has 2 heterocycles. The minimum absolute atomic E-state index is 0.321. The second kappa shape index (κ2) is 2.71. The highest BCUT2D eigenvalue weighted by Crippen LogP contribution is 2.31. The van der Waals surface area contributed by atoms with Gasteiger partial charge in [-0.05, 0) is 11.4 Å². The summed E-state index contributed by atoms with van der Waals surface area (Å²) >= 11 is 1.62. The van der Waals surface area contributed by atoms with Crippen molar-refractivity contribution in [1.29, 1.82) is 0 Å². The third-order valence-corrected chi connectivity index (χ3v) is 2.64. The quantitative estimate of drug-likeness (QED) is 0.616. The van der Waals surface area contributed by atoms with Gasteiger partial charge in [-0.2, -0.15) is 0 Å². The molecule has 0 spiro atoms. The molecular formula is C8H7NO2S. The van der Waals surface area contributed by atoms with Crippen molar-refractivity contribution >= 4 is 28.7 Å². The zero-order valence-electron chi connectivity index (χ0n) is 6.53. The Morgan fingerprint density at radius 3 is 3.25 bits per heavy atom. The molecule has 0 amide bonds. The Balaban J connectivity index is 2.27. The molecule has 1 aliphatic rings. The number of nitrogens with zero attached hydrogens (tertiary/aromatic N) is 1. The lowest BCUT2D eigenvalue weighted by Gasteiger charge is -1.94. The largest absolute Gasteiger partial charge is 0.465 e. The number of thiophene rings is 1. The number of carbonyl (C=O) groups excluding carboxylic acids is 1. The average molecular weight is 181 g/mol. The van der Waals surface area contributed by atoms with Crippen LogP contribution in [-0.2, 0) is 16.0 Å². The third-order valence-electron chi connectivity index (χ3n) is 1.73. The van der Waals surface area contributed by atoms with E-state index in [4.69, 9.17) is 0 Å². The normalized spacial score (nSPS) is 13.9. The molecule has 0 bridgehead atoms. The van der Waals surface area contributed by atoms with Gasteiger partial charge in [0, 0.05) is 11.3 Å². The Hall–Kier alpha value is -1.16. The lowest BCUT2D eigenvalue weighted by atomic mass is 10.3. The molecule has 62 valence electrons. The zero-order valence-corrected chi connectivity index (χ0v) is 7.35. The van der Waals surface area contributed by atoms with E-state index in [0.717, 1.165) is 10.6 Å². The van der Waals surface area contributed by atoms with E-state index < -0.39 is 0 Å². The second-order valence-electron chi connectivity index (χ2n) is 2.46. The molecule has 0 fully saturated rings. The number of hydrogen-bond acceptors (Lipinski definition) is 4. The van der Waals surface area contributed by atoms with Gasteiger partial charge in [-0.1, -0.05) is 0 Å². The van der Waals surface area contributed by atoms with Gasteiger partial charge in [0.2, 0.25) is 0 Å². The van der Waals surface area contributed by atoms with Crippen LogP contribution >= 0.6 is 11.3 Å². The standard InChI is InChI=1S/C8H7NO2S/c1-11-8(10)6-4-7-5(9-6)2-3-12-7/h2-3H,4H2,1H3. The molecular weight excluding hydrogens is 174 g/mol. The Bertz CT molecular complexity index is 354. The molecule has 1 aromatic rings.